The van der Waals surface area contributed by atoms with Gasteiger partial charge in [0.05, 0.1) is 0 Å². The van der Waals surface area contributed by atoms with Crippen LogP contribution in [-0.4, -0.2) is 19.6 Å². The SMILES string of the molecule is CCNCCCC1CNCc2ccccc21. The predicted molar refractivity (Wildman–Crippen MR) is 68.7 cm³/mol. The van der Waals surface area contributed by atoms with Crippen LogP contribution in [0.5, 0.6) is 0 Å². The Bertz CT molecular complexity index is 322. The Morgan fingerprint density at radius 2 is 2.25 bits per heavy atom. The van der Waals surface area contributed by atoms with Gasteiger partial charge in [-0.2, -0.15) is 0 Å². The lowest BCUT2D eigenvalue weighted by Crippen LogP contribution is -2.28. The maximum Gasteiger partial charge on any atom is 0.0208 e. The van der Waals surface area contributed by atoms with Gasteiger partial charge in [0.15, 0.2) is 0 Å². The summed E-state index contributed by atoms with van der Waals surface area (Å²) in [6, 6.07) is 8.86. The lowest BCUT2D eigenvalue weighted by molar-refractivity contribution is 0.491. The summed E-state index contributed by atoms with van der Waals surface area (Å²) in [4.78, 5) is 0. The van der Waals surface area contributed by atoms with Gasteiger partial charge in [0.1, 0.15) is 0 Å². The van der Waals surface area contributed by atoms with E-state index >= 15 is 0 Å². The zero-order valence-corrected chi connectivity index (χ0v) is 10.1. The average Bonchev–Trinajstić information content (AvgIpc) is 2.35. The van der Waals surface area contributed by atoms with Crippen LogP contribution in [0.25, 0.3) is 0 Å². The van der Waals surface area contributed by atoms with Gasteiger partial charge in [-0.3, -0.25) is 0 Å². The lowest BCUT2D eigenvalue weighted by atomic mass is 9.88. The molecule has 1 aliphatic rings. The third kappa shape index (κ3) is 2.83. The molecule has 0 spiro atoms. The lowest BCUT2D eigenvalue weighted by Gasteiger charge is -2.26. The first kappa shape index (κ1) is 11.6. The molecule has 0 aromatic heterocycles. The molecule has 0 radical (unpaired) electrons. The quantitative estimate of drug-likeness (QED) is 0.741. The average molecular weight is 218 g/mol. The Hall–Kier alpha value is -0.860. The summed E-state index contributed by atoms with van der Waals surface area (Å²) in [6.07, 6.45) is 2.56. The highest BCUT2D eigenvalue weighted by Gasteiger charge is 2.18. The van der Waals surface area contributed by atoms with Crippen molar-refractivity contribution in [2.45, 2.75) is 32.2 Å². The molecule has 0 fully saturated rings. The van der Waals surface area contributed by atoms with Crippen molar-refractivity contribution in [3.8, 4) is 0 Å². The molecule has 16 heavy (non-hydrogen) atoms. The summed E-state index contributed by atoms with van der Waals surface area (Å²) in [5, 5.41) is 6.90. The highest BCUT2D eigenvalue weighted by atomic mass is 14.9. The third-order valence-electron chi connectivity index (χ3n) is 3.36. The Balaban J connectivity index is 1.91. The van der Waals surface area contributed by atoms with Crippen LogP contribution in [0.4, 0.5) is 0 Å². The molecule has 1 heterocycles. The monoisotopic (exact) mass is 218 g/mol. The van der Waals surface area contributed by atoms with Crippen LogP contribution < -0.4 is 10.6 Å². The fraction of sp³-hybridized carbons (Fsp3) is 0.571. The Labute approximate surface area is 98.4 Å². The molecule has 0 aliphatic carbocycles. The molecule has 1 aliphatic heterocycles. The number of nitrogens with one attached hydrogen (secondary N) is 2. The van der Waals surface area contributed by atoms with E-state index in [9.17, 15) is 0 Å². The molecule has 1 aromatic carbocycles. The summed E-state index contributed by atoms with van der Waals surface area (Å²) in [6.45, 7) is 6.58. The van der Waals surface area contributed by atoms with Crippen LogP contribution in [0.1, 0.15) is 36.8 Å². The highest BCUT2D eigenvalue weighted by molar-refractivity contribution is 5.32. The van der Waals surface area contributed by atoms with Gasteiger partial charge < -0.3 is 10.6 Å². The molecular weight excluding hydrogens is 196 g/mol. The van der Waals surface area contributed by atoms with E-state index in [-0.39, 0.29) is 0 Å². The predicted octanol–water partition coefficient (Wildman–Crippen LogP) is 2.26. The molecule has 0 bridgehead atoms. The van der Waals surface area contributed by atoms with Crippen LogP contribution in [0.2, 0.25) is 0 Å². The summed E-state index contributed by atoms with van der Waals surface area (Å²) >= 11 is 0. The molecular formula is C14H22N2. The fourth-order valence-corrected chi connectivity index (χ4v) is 2.49. The van der Waals surface area contributed by atoms with Gasteiger partial charge in [0.2, 0.25) is 0 Å². The maximum atomic E-state index is 3.51. The van der Waals surface area contributed by atoms with E-state index in [1.54, 1.807) is 5.56 Å². The van der Waals surface area contributed by atoms with Crippen molar-refractivity contribution >= 4 is 0 Å². The van der Waals surface area contributed by atoms with Crippen LogP contribution in [-0.2, 0) is 6.54 Å². The number of hydrogen-bond acceptors (Lipinski definition) is 2. The zero-order valence-electron chi connectivity index (χ0n) is 10.1. The van der Waals surface area contributed by atoms with E-state index < -0.39 is 0 Å². The molecule has 2 rings (SSSR count). The van der Waals surface area contributed by atoms with Crippen molar-refractivity contribution in [2.75, 3.05) is 19.6 Å². The van der Waals surface area contributed by atoms with Gasteiger partial charge >= 0.3 is 0 Å². The van der Waals surface area contributed by atoms with E-state index in [1.165, 1.54) is 18.4 Å². The van der Waals surface area contributed by atoms with E-state index in [0.717, 1.165) is 26.2 Å². The first-order valence-corrected chi connectivity index (χ1v) is 6.41. The van der Waals surface area contributed by atoms with Crippen molar-refractivity contribution in [2.24, 2.45) is 0 Å². The maximum absolute atomic E-state index is 3.51. The second-order valence-electron chi connectivity index (χ2n) is 4.52. The first-order valence-electron chi connectivity index (χ1n) is 6.41. The number of rotatable bonds is 5. The van der Waals surface area contributed by atoms with Crippen LogP contribution >= 0.6 is 0 Å². The molecule has 1 unspecified atom stereocenters. The Morgan fingerprint density at radius 3 is 3.12 bits per heavy atom. The molecule has 1 aromatic rings. The van der Waals surface area contributed by atoms with E-state index in [4.69, 9.17) is 0 Å². The van der Waals surface area contributed by atoms with E-state index in [2.05, 4.69) is 41.8 Å². The largest absolute Gasteiger partial charge is 0.317 e. The van der Waals surface area contributed by atoms with Gasteiger partial charge in [-0.15, -0.1) is 0 Å². The number of benzene rings is 1. The minimum atomic E-state index is 0.712. The third-order valence-corrected chi connectivity index (χ3v) is 3.36. The minimum absolute atomic E-state index is 0.712. The molecule has 0 saturated carbocycles. The Kier molecular flexibility index (Phi) is 4.37. The molecule has 1 atom stereocenters. The molecule has 0 amide bonds. The van der Waals surface area contributed by atoms with Crippen molar-refractivity contribution in [1.82, 2.24) is 10.6 Å². The number of fused-ring (bicyclic) bond motifs is 1. The number of hydrogen-bond donors (Lipinski definition) is 2. The van der Waals surface area contributed by atoms with Gasteiger partial charge in [-0.1, -0.05) is 31.2 Å². The molecule has 2 N–H and O–H groups in total. The highest BCUT2D eigenvalue weighted by Crippen LogP contribution is 2.27. The van der Waals surface area contributed by atoms with Crippen molar-refractivity contribution in [1.29, 1.82) is 0 Å². The molecule has 2 heteroatoms. The van der Waals surface area contributed by atoms with Crippen molar-refractivity contribution in [3.05, 3.63) is 35.4 Å². The van der Waals surface area contributed by atoms with E-state index in [0.29, 0.717) is 5.92 Å². The van der Waals surface area contributed by atoms with Gasteiger partial charge in [-0.25, -0.2) is 0 Å². The zero-order chi connectivity index (χ0) is 11.2. The fourth-order valence-electron chi connectivity index (χ4n) is 2.49. The normalized spacial score (nSPS) is 19.4. The Morgan fingerprint density at radius 1 is 1.38 bits per heavy atom. The summed E-state index contributed by atoms with van der Waals surface area (Å²) in [7, 11) is 0. The second-order valence-corrected chi connectivity index (χ2v) is 4.52. The molecule has 0 saturated heterocycles. The summed E-state index contributed by atoms with van der Waals surface area (Å²) in [5.41, 5.74) is 3.06. The van der Waals surface area contributed by atoms with Gasteiger partial charge in [0, 0.05) is 13.1 Å². The van der Waals surface area contributed by atoms with Gasteiger partial charge in [-0.05, 0) is 43.0 Å². The summed E-state index contributed by atoms with van der Waals surface area (Å²) < 4.78 is 0. The minimum Gasteiger partial charge on any atom is -0.317 e. The topological polar surface area (TPSA) is 24.1 Å². The second kappa shape index (κ2) is 6.02. The smallest absolute Gasteiger partial charge is 0.0208 e. The van der Waals surface area contributed by atoms with Crippen LogP contribution in [0, 0.1) is 0 Å². The van der Waals surface area contributed by atoms with Crippen LogP contribution in [0.15, 0.2) is 24.3 Å². The standard InChI is InChI=1S/C14H22N2/c1-2-15-9-5-7-13-11-16-10-12-6-3-4-8-14(12)13/h3-4,6,8,13,15-16H,2,5,7,9-11H2,1H3. The summed E-state index contributed by atoms with van der Waals surface area (Å²) in [5.74, 6) is 0.712. The van der Waals surface area contributed by atoms with Gasteiger partial charge in [0.25, 0.3) is 0 Å². The van der Waals surface area contributed by atoms with Crippen LogP contribution in [0.3, 0.4) is 0 Å². The molecule has 2 nitrogen and oxygen atoms in total. The van der Waals surface area contributed by atoms with E-state index in [1.807, 2.05) is 0 Å². The molecule has 88 valence electrons. The van der Waals surface area contributed by atoms with Crippen molar-refractivity contribution < 1.29 is 0 Å². The van der Waals surface area contributed by atoms with Crippen molar-refractivity contribution in [3.63, 3.8) is 0 Å². The first-order chi connectivity index (χ1) is 7.92.